The predicted octanol–water partition coefficient (Wildman–Crippen LogP) is 3.06. The van der Waals surface area contributed by atoms with Crippen molar-refractivity contribution in [2.75, 3.05) is 20.3 Å². The lowest BCUT2D eigenvalue weighted by molar-refractivity contribution is -0.124. The number of amides is 1. The number of nitrogens with one attached hydrogen (secondary N) is 1. The molecule has 0 fully saturated rings. The van der Waals surface area contributed by atoms with Crippen molar-refractivity contribution in [3.63, 3.8) is 0 Å². The lowest BCUT2D eigenvalue weighted by Gasteiger charge is -2.15. The zero-order valence-corrected chi connectivity index (χ0v) is 15.4. The summed E-state index contributed by atoms with van der Waals surface area (Å²) in [6.07, 6.45) is 0. The van der Waals surface area contributed by atoms with Crippen molar-refractivity contribution < 1.29 is 23.8 Å². The molecule has 0 bridgehead atoms. The minimum atomic E-state index is -0.662. The van der Waals surface area contributed by atoms with E-state index < -0.39 is 5.97 Å². The van der Waals surface area contributed by atoms with Crippen LogP contribution in [0.4, 0.5) is 0 Å². The Morgan fingerprint density at radius 1 is 1.21 bits per heavy atom. The number of esters is 1. The number of rotatable bonds is 8. The van der Waals surface area contributed by atoms with E-state index in [4.69, 9.17) is 25.8 Å². The van der Waals surface area contributed by atoms with Crippen LogP contribution in [0, 0.1) is 5.92 Å². The molecule has 1 aromatic rings. The molecule has 0 spiro atoms. The van der Waals surface area contributed by atoms with Gasteiger partial charge in [-0.2, -0.15) is 0 Å². The average molecular weight is 358 g/mol. The Labute approximate surface area is 147 Å². The van der Waals surface area contributed by atoms with E-state index in [1.165, 1.54) is 19.2 Å². The summed E-state index contributed by atoms with van der Waals surface area (Å²) >= 11 is 6.18. The molecule has 0 unspecified atom stereocenters. The third kappa shape index (κ3) is 6.28. The van der Waals surface area contributed by atoms with Gasteiger partial charge in [0.2, 0.25) is 0 Å². The number of carbonyl (C=O) groups excluding carboxylic acids is 2. The van der Waals surface area contributed by atoms with Crippen LogP contribution >= 0.6 is 11.6 Å². The number of ether oxygens (including phenoxy) is 3. The lowest BCUT2D eigenvalue weighted by Crippen LogP contribution is -2.33. The van der Waals surface area contributed by atoms with Crippen LogP contribution in [0.2, 0.25) is 5.02 Å². The van der Waals surface area contributed by atoms with Crippen molar-refractivity contribution >= 4 is 23.5 Å². The van der Waals surface area contributed by atoms with Gasteiger partial charge in [0.05, 0.1) is 24.3 Å². The maximum atomic E-state index is 12.1. The Kier molecular flexibility index (Phi) is 7.85. The highest BCUT2D eigenvalue weighted by atomic mass is 35.5. The van der Waals surface area contributed by atoms with Crippen molar-refractivity contribution in [3.8, 4) is 11.5 Å². The van der Waals surface area contributed by atoms with Gasteiger partial charge in [0.25, 0.3) is 5.91 Å². The number of carbonyl (C=O) groups is 2. The van der Waals surface area contributed by atoms with Gasteiger partial charge in [0.1, 0.15) is 0 Å². The van der Waals surface area contributed by atoms with Crippen LogP contribution in [0.25, 0.3) is 0 Å². The second-order valence-corrected chi connectivity index (χ2v) is 6.40. The van der Waals surface area contributed by atoms with E-state index in [-0.39, 0.29) is 29.1 Å². The molecule has 1 rings (SSSR count). The molecule has 1 aromatic carbocycles. The van der Waals surface area contributed by atoms with E-state index in [2.05, 4.69) is 5.32 Å². The normalized spacial score (nSPS) is 10.7. The second kappa shape index (κ2) is 9.37. The summed E-state index contributed by atoms with van der Waals surface area (Å²) in [5.74, 6) is -0.00333. The van der Waals surface area contributed by atoms with Crippen LogP contribution in [0.3, 0.4) is 0 Å². The van der Waals surface area contributed by atoms with Gasteiger partial charge in [-0.3, -0.25) is 4.79 Å². The van der Waals surface area contributed by atoms with Crippen LogP contribution in [-0.4, -0.2) is 38.2 Å². The minimum absolute atomic E-state index is 0.0249. The van der Waals surface area contributed by atoms with Gasteiger partial charge >= 0.3 is 5.97 Å². The van der Waals surface area contributed by atoms with Gasteiger partial charge in [0, 0.05) is 6.04 Å². The van der Waals surface area contributed by atoms with Gasteiger partial charge in [-0.15, -0.1) is 0 Å². The molecular formula is C17H24ClNO5. The molecule has 0 saturated heterocycles. The summed E-state index contributed by atoms with van der Waals surface area (Å²) in [7, 11) is 1.46. The summed E-state index contributed by atoms with van der Waals surface area (Å²) in [6, 6.07) is 2.88. The van der Waals surface area contributed by atoms with Crippen molar-refractivity contribution in [2.45, 2.75) is 33.7 Å². The van der Waals surface area contributed by atoms with E-state index in [1.807, 2.05) is 27.7 Å². The summed E-state index contributed by atoms with van der Waals surface area (Å²) in [4.78, 5) is 23.6. The lowest BCUT2D eigenvalue weighted by atomic mass is 10.2. The maximum Gasteiger partial charge on any atom is 0.338 e. The quantitative estimate of drug-likeness (QED) is 0.724. The highest BCUT2D eigenvalue weighted by Gasteiger charge is 2.18. The molecule has 7 heteroatoms. The minimum Gasteiger partial charge on any atom is -0.493 e. The van der Waals surface area contributed by atoms with Gasteiger partial charge in [-0.1, -0.05) is 25.4 Å². The number of hydrogen-bond acceptors (Lipinski definition) is 5. The summed E-state index contributed by atoms with van der Waals surface area (Å²) < 4.78 is 15.8. The number of benzene rings is 1. The van der Waals surface area contributed by atoms with E-state index in [9.17, 15) is 9.59 Å². The molecular weight excluding hydrogens is 334 g/mol. The molecule has 1 N–H and O–H groups in total. The van der Waals surface area contributed by atoms with Crippen LogP contribution in [-0.2, 0) is 9.53 Å². The first kappa shape index (κ1) is 20.1. The van der Waals surface area contributed by atoms with E-state index in [1.54, 1.807) is 0 Å². The highest BCUT2D eigenvalue weighted by Crippen LogP contribution is 2.36. The Bertz CT molecular complexity index is 587. The Morgan fingerprint density at radius 2 is 1.88 bits per heavy atom. The van der Waals surface area contributed by atoms with Crippen LogP contribution in [0.5, 0.6) is 11.5 Å². The van der Waals surface area contributed by atoms with Gasteiger partial charge in [0.15, 0.2) is 18.1 Å². The fourth-order valence-corrected chi connectivity index (χ4v) is 2.07. The van der Waals surface area contributed by atoms with Crippen molar-refractivity contribution in [1.82, 2.24) is 5.32 Å². The van der Waals surface area contributed by atoms with Gasteiger partial charge in [-0.25, -0.2) is 4.79 Å². The van der Waals surface area contributed by atoms with E-state index in [0.29, 0.717) is 24.0 Å². The average Bonchev–Trinajstić information content (AvgIpc) is 2.49. The van der Waals surface area contributed by atoms with Crippen LogP contribution in [0.1, 0.15) is 38.1 Å². The van der Waals surface area contributed by atoms with Crippen LogP contribution in [0.15, 0.2) is 12.1 Å². The monoisotopic (exact) mass is 357 g/mol. The number of halogens is 1. The molecule has 24 heavy (non-hydrogen) atoms. The second-order valence-electron chi connectivity index (χ2n) is 5.99. The third-order valence-electron chi connectivity index (χ3n) is 2.81. The first-order valence-corrected chi connectivity index (χ1v) is 8.09. The zero-order valence-electron chi connectivity index (χ0n) is 14.6. The first-order valence-electron chi connectivity index (χ1n) is 7.71. The highest BCUT2D eigenvalue weighted by molar-refractivity contribution is 6.32. The molecule has 0 atom stereocenters. The topological polar surface area (TPSA) is 73.9 Å². The maximum absolute atomic E-state index is 12.1. The van der Waals surface area contributed by atoms with Crippen molar-refractivity contribution in [1.29, 1.82) is 0 Å². The fraction of sp³-hybridized carbons (Fsp3) is 0.529. The molecule has 0 radical (unpaired) electrons. The number of hydrogen-bond donors (Lipinski definition) is 1. The fourth-order valence-electron chi connectivity index (χ4n) is 1.81. The zero-order chi connectivity index (χ0) is 18.3. The molecule has 6 nitrogen and oxygen atoms in total. The Morgan fingerprint density at radius 3 is 2.42 bits per heavy atom. The standard InChI is InChI=1S/C17H24ClNO5/c1-10(2)8-23-16-13(18)6-12(7-14(16)22-5)17(21)24-9-15(20)19-11(3)4/h6-7,10-11H,8-9H2,1-5H3,(H,19,20). The molecule has 0 aliphatic heterocycles. The molecule has 0 aliphatic rings. The van der Waals surface area contributed by atoms with Crippen LogP contribution < -0.4 is 14.8 Å². The van der Waals surface area contributed by atoms with Gasteiger partial charge in [-0.05, 0) is 31.9 Å². The number of methoxy groups -OCH3 is 1. The molecule has 0 saturated carbocycles. The van der Waals surface area contributed by atoms with Gasteiger partial charge < -0.3 is 19.5 Å². The van der Waals surface area contributed by atoms with E-state index >= 15 is 0 Å². The summed E-state index contributed by atoms with van der Waals surface area (Å²) in [5.41, 5.74) is 0.186. The molecule has 0 aliphatic carbocycles. The summed E-state index contributed by atoms with van der Waals surface area (Å²) in [5, 5.41) is 2.88. The Hall–Kier alpha value is -1.95. The predicted molar refractivity (Wildman–Crippen MR) is 91.9 cm³/mol. The molecule has 134 valence electrons. The SMILES string of the molecule is COc1cc(C(=O)OCC(=O)NC(C)C)cc(Cl)c1OCC(C)C. The summed E-state index contributed by atoms with van der Waals surface area (Å²) in [6.45, 7) is 7.76. The van der Waals surface area contributed by atoms with E-state index in [0.717, 1.165) is 0 Å². The largest absolute Gasteiger partial charge is 0.493 e. The molecule has 0 heterocycles. The smallest absolute Gasteiger partial charge is 0.338 e. The molecule has 1 amide bonds. The first-order chi connectivity index (χ1) is 11.2. The Balaban J connectivity index is 2.83. The molecule has 0 aromatic heterocycles. The van der Waals surface area contributed by atoms with Crippen molar-refractivity contribution in [3.05, 3.63) is 22.7 Å². The van der Waals surface area contributed by atoms with Crippen molar-refractivity contribution in [2.24, 2.45) is 5.92 Å². The third-order valence-corrected chi connectivity index (χ3v) is 3.09.